The Kier molecular flexibility index (Phi) is 10.5. The molecule has 0 bridgehead atoms. The van der Waals surface area contributed by atoms with E-state index in [0.29, 0.717) is 29.7 Å². The van der Waals surface area contributed by atoms with Gasteiger partial charge in [0, 0.05) is 17.2 Å². The van der Waals surface area contributed by atoms with Crippen molar-refractivity contribution in [2.45, 2.75) is 24.7 Å². The fourth-order valence-corrected chi connectivity index (χ4v) is 4.88. The van der Waals surface area contributed by atoms with Crippen LogP contribution in [0.4, 0.5) is 0 Å². The van der Waals surface area contributed by atoms with Crippen LogP contribution >= 0.6 is 47.1 Å². The molecule has 34 heavy (non-hydrogen) atoms. The number of hydrogen-bond donors (Lipinski definition) is 1. The molecule has 7 nitrogen and oxygen atoms in total. The predicted octanol–water partition coefficient (Wildman–Crippen LogP) is 5.66. The van der Waals surface area contributed by atoms with Crippen molar-refractivity contribution in [1.29, 1.82) is 0 Å². The molecule has 2 aromatic heterocycles. The number of thiophene rings is 1. The van der Waals surface area contributed by atoms with Gasteiger partial charge in [0.2, 0.25) is 5.16 Å². The number of benzene rings is 2. The quantitative estimate of drug-likeness (QED) is 0.184. The van der Waals surface area contributed by atoms with Crippen molar-refractivity contribution < 1.29 is 9.47 Å². The third-order valence-corrected chi connectivity index (χ3v) is 6.86. The normalized spacial score (nSPS) is 10.6. The number of thioether (sulfide) groups is 1. The second kappa shape index (κ2) is 13.6. The molecule has 2 aromatic carbocycles. The molecular weight excluding hydrogens is 513 g/mol. The predicted molar refractivity (Wildman–Crippen MR) is 140 cm³/mol. The molecule has 0 unspecified atom stereocenters. The van der Waals surface area contributed by atoms with Gasteiger partial charge in [0.15, 0.2) is 11.5 Å². The van der Waals surface area contributed by atoms with Gasteiger partial charge in [0.25, 0.3) is 0 Å². The number of aromatic nitrogens is 4. The number of tetrazole rings is 1. The number of rotatable bonds is 12. The first-order valence-electron chi connectivity index (χ1n) is 10.4. The minimum Gasteiger partial charge on any atom is -0.493 e. The first kappa shape index (κ1) is 26.3. The number of ether oxygens (including phenoxy) is 2. The number of halogens is 2. The van der Waals surface area contributed by atoms with Gasteiger partial charge in [0.05, 0.1) is 17.8 Å². The first-order valence-corrected chi connectivity index (χ1v) is 12.7. The molecule has 180 valence electrons. The molecule has 0 atom stereocenters. The average molecular weight is 539 g/mol. The molecule has 0 aliphatic carbocycles. The van der Waals surface area contributed by atoms with Crippen molar-refractivity contribution in [3.05, 3.63) is 75.4 Å². The second-order valence-electron chi connectivity index (χ2n) is 7.06. The maximum absolute atomic E-state index is 6.48. The summed E-state index contributed by atoms with van der Waals surface area (Å²) >= 11 is 9.77. The summed E-state index contributed by atoms with van der Waals surface area (Å²) in [6, 6.07) is 17.8. The number of nitrogens with one attached hydrogen (secondary N) is 1. The first-order chi connectivity index (χ1) is 16.2. The smallest absolute Gasteiger partial charge is 0.214 e. The van der Waals surface area contributed by atoms with E-state index < -0.39 is 0 Å². The van der Waals surface area contributed by atoms with Crippen molar-refractivity contribution in [3.8, 4) is 17.2 Å². The Morgan fingerprint density at radius 2 is 2.00 bits per heavy atom. The van der Waals surface area contributed by atoms with Crippen LogP contribution in [-0.4, -0.2) is 39.6 Å². The largest absolute Gasteiger partial charge is 0.493 e. The number of methoxy groups -OCH3 is 1. The van der Waals surface area contributed by atoms with E-state index in [1.807, 2.05) is 60.0 Å². The minimum atomic E-state index is 0. The van der Waals surface area contributed by atoms with Crippen molar-refractivity contribution in [3.63, 3.8) is 0 Å². The highest BCUT2D eigenvalue weighted by molar-refractivity contribution is 7.99. The summed E-state index contributed by atoms with van der Waals surface area (Å²) in [5.41, 5.74) is 2.00. The van der Waals surface area contributed by atoms with E-state index in [2.05, 4.69) is 20.8 Å². The van der Waals surface area contributed by atoms with Gasteiger partial charge in [-0.15, -0.1) is 28.8 Å². The van der Waals surface area contributed by atoms with E-state index >= 15 is 0 Å². The molecule has 0 saturated carbocycles. The van der Waals surface area contributed by atoms with Crippen LogP contribution in [-0.2, 0) is 13.2 Å². The Morgan fingerprint density at radius 3 is 2.76 bits per heavy atom. The third kappa shape index (κ3) is 7.10. The summed E-state index contributed by atoms with van der Waals surface area (Å²) in [7, 11) is 1.63. The van der Waals surface area contributed by atoms with E-state index in [1.54, 1.807) is 34.9 Å². The van der Waals surface area contributed by atoms with Crippen LogP contribution in [0.25, 0.3) is 5.69 Å². The molecule has 1 N–H and O–H groups in total. The van der Waals surface area contributed by atoms with E-state index in [4.69, 9.17) is 21.1 Å². The highest BCUT2D eigenvalue weighted by atomic mass is 35.5. The molecule has 2 heterocycles. The zero-order valence-electron chi connectivity index (χ0n) is 18.5. The Morgan fingerprint density at radius 1 is 1.15 bits per heavy atom. The monoisotopic (exact) mass is 537 g/mol. The lowest BCUT2D eigenvalue weighted by Gasteiger charge is -2.14. The van der Waals surface area contributed by atoms with Gasteiger partial charge in [-0.1, -0.05) is 47.6 Å². The van der Waals surface area contributed by atoms with E-state index in [0.717, 1.165) is 40.0 Å². The van der Waals surface area contributed by atoms with Crippen LogP contribution in [0.2, 0.25) is 5.02 Å². The highest BCUT2D eigenvalue weighted by Crippen LogP contribution is 2.37. The van der Waals surface area contributed by atoms with Crippen LogP contribution < -0.4 is 14.8 Å². The van der Waals surface area contributed by atoms with Crippen LogP contribution in [0.15, 0.2) is 65.1 Å². The maximum Gasteiger partial charge on any atom is 0.214 e. The van der Waals surface area contributed by atoms with Gasteiger partial charge >= 0.3 is 0 Å². The second-order valence-corrected chi connectivity index (χ2v) is 9.57. The lowest BCUT2D eigenvalue weighted by molar-refractivity contribution is 0.287. The van der Waals surface area contributed by atoms with Gasteiger partial charge < -0.3 is 14.8 Å². The van der Waals surface area contributed by atoms with Crippen molar-refractivity contribution >= 4 is 47.1 Å². The topological polar surface area (TPSA) is 74.1 Å². The Labute approximate surface area is 218 Å². The van der Waals surface area contributed by atoms with Gasteiger partial charge in [0.1, 0.15) is 6.61 Å². The molecule has 4 aromatic rings. The average Bonchev–Trinajstić information content (AvgIpc) is 3.53. The Balaban J connectivity index is 0.00000324. The van der Waals surface area contributed by atoms with Gasteiger partial charge in [-0.25, -0.2) is 0 Å². The van der Waals surface area contributed by atoms with E-state index in [1.165, 1.54) is 0 Å². The minimum absolute atomic E-state index is 0. The molecule has 0 saturated heterocycles. The summed E-state index contributed by atoms with van der Waals surface area (Å²) in [6.07, 6.45) is 0.971. The number of hydrogen-bond acceptors (Lipinski definition) is 8. The lowest BCUT2D eigenvalue weighted by atomic mass is 10.2. The van der Waals surface area contributed by atoms with Gasteiger partial charge in [-0.3, -0.25) is 0 Å². The summed E-state index contributed by atoms with van der Waals surface area (Å²) in [5.74, 6) is 2.11. The molecule has 0 spiro atoms. The number of nitrogens with zero attached hydrogens (tertiary/aromatic N) is 4. The maximum atomic E-state index is 6.48. The highest BCUT2D eigenvalue weighted by Gasteiger charge is 2.13. The zero-order valence-corrected chi connectivity index (χ0v) is 21.7. The molecule has 0 amide bonds. The van der Waals surface area contributed by atoms with E-state index in [-0.39, 0.29) is 12.4 Å². The van der Waals surface area contributed by atoms with Crippen molar-refractivity contribution in [2.75, 3.05) is 19.4 Å². The molecule has 0 aliphatic heterocycles. The molecule has 11 heteroatoms. The number of para-hydroxylation sites is 1. The summed E-state index contributed by atoms with van der Waals surface area (Å²) in [5, 5.41) is 18.8. The summed E-state index contributed by atoms with van der Waals surface area (Å²) < 4.78 is 13.2. The van der Waals surface area contributed by atoms with Crippen LogP contribution in [0.5, 0.6) is 11.5 Å². The molecular formula is C23H25Cl2N5O2S2. The third-order valence-electron chi connectivity index (χ3n) is 4.73. The van der Waals surface area contributed by atoms with Gasteiger partial charge in [-0.05, 0) is 64.7 Å². The van der Waals surface area contributed by atoms with Crippen molar-refractivity contribution in [2.24, 2.45) is 0 Å². The fraction of sp³-hybridized carbons (Fsp3) is 0.261. The fourth-order valence-electron chi connectivity index (χ4n) is 3.15. The van der Waals surface area contributed by atoms with E-state index in [9.17, 15) is 0 Å². The Hall–Kier alpha value is -2.30. The van der Waals surface area contributed by atoms with Crippen LogP contribution in [0.1, 0.15) is 16.9 Å². The molecule has 4 rings (SSSR count). The molecule has 0 fully saturated rings. The summed E-state index contributed by atoms with van der Waals surface area (Å²) in [6.45, 7) is 2.01. The van der Waals surface area contributed by atoms with Gasteiger partial charge in [-0.2, -0.15) is 4.68 Å². The van der Waals surface area contributed by atoms with Crippen LogP contribution in [0.3, 0.4) is 0 Å². The van der Waals surface area contributed by atoms with Crippen LogP contribution in [0, 0.1) is 0 Å². The standard InChI is InChI=1S/C23H24ClN5O2S2.ClH/c1-30-21-14-17(13-20(24)22(21)31-16-19-9-5-11-32-19)15-25-10-6-12-33-23-26-27-28-29(23)18-7-3-2-4-8-18;/h2-5,7-9,11,13-14,25H,6,10,12,15-16H2,1H3;1H. The SMILES string of the molecule is COc1cc(CNCCCSc2nnnn2-c2ccccc2)cc(Cl)c1OCc1cccs1.Cl. The Bertz CT molecular complexity index is 1140. The molecule has 0 aliphatic rings. The zero-order chi connectivity index (χ0) is 22.9. The lowest BCUT2D eigenvalue weighted by Crippen LogP contribution is -2.15. The summed E-state index contributed by atoms with van der Waals surface area (Å²) in [4.78, 5) is 1.13. The van der Waals surface area contributed by atoms with Crippen molar-refractivity contribution in [1.82, 2.24) is 25.5 Å². The molecule has 0 radical (unpaired) electrons.